The first-order chi connectivity index (χ1) is 19.1. The van der Waals surface area contributed by atoms with Crippen molar-refractivity contribution in [2.75, 3.05) is 0 Å². The number of hydrogen-bond donors (Lipinski definition) is 0. The van der Waals surface area contributed by atoms with Crippen LogP contribution in [0.5, 0.6) is 0 Å². The molecule has 6 rings (SSSR count). The highest BCUT2D eigenvalue weighted by Crippen LogP contribution is 2.17. The Morgan fingerprint density at radius 3 is 1.59 bits per heavy atom. The second kappa shape index (κ2) is 19.2. The van der Waals surface area contributed by atoms with Crippen molar-refractivity contribution in [3.05, 3.63) is 138 Å². The minimum absolute atomic E-state index is 1.07. The van der Waals surface area contributed by atoms with E-state index in [4.69, 9.17) is 0 Å². The smallest absolute Gasteiger partial charge is 0.0702 e. The largest absolute Gasteiger partial charge is 0.256 e. The molecular formula is C38H47N. The van der Waals surface area contributed by atoms with Crippen LogP contribution in [0.3, 0.4) is 0 Å². The Morgan fingerprint density at radius 2 is 0.923 bits per heavy atom. The third-order valence-corrected chi connectivity index (χ3v) is 5.67. The number of pyridine rings is 1. The zero-order valence-corrected chi connectivity index (χ0v) is 25.5. The van der Waals surface area contributed by atoms with Crippen molar-refractivity contribution >= 4 is 32.4 Å². The molecule has 204 valence electrons. The fraction of sp³-hybridized carbons (Fsp3) is 0.237. The van der Waals surface area contributed by atoms with E-state index in [2.05, 4.69) is 129 Å². The summed E-state index contributed by atoms with van der Waals surface area (Å²) < 4.78 is 0. The zero-order chi connectivity index (χ0) is 29.0. The molecule has 0 amide bonds. The summed E-state index contributed by atoms with van der Waals surface area (Å²) >= 11 is 0. The number of fused-ring (bicyclic) bond motifs is 3. The Balaban J connectivity index is 0.000000267. The van der Waals surface area contributed by atoms with Gasteiger partial charge in [0.1, 0.15) is 0 Å². The lowest BCUT2D eigenvalue weighted by Gasteiger charge is -1.98. The van der Waals surface area contributed by atoms with Gasteiger partial charge in [0.05, 0.1) is 5.52 Å². The number of rotatable bonds is 0. The van der Waals surface area contributed by atoms with Crippen LogP contribution in [0.15, 0.2) is 121 Å². The van der Waals surface area contributed by atoms with Gasteiger partial charge in [0, 0.05) is 11.6 Å². The molecule has 1 heteroatoms. The summed E-state index contributed by atoms with van der Waals surface area (Å²) in [7, 11) is 0. The van der Waals surface area contributed by atoms with Gasteiger partial charge in [-0.3, -0.25) is 4.98 Å². The molecule has 0 bridgehead atoms. The fourth-order valence-corrected chi connectivity index (χ4v) is 3.89. The van der Waals surface area contributed by atoms with E-state index in [0.29, 0.717) is 0 Å². The number of nitrogens with zero attached hydrogens (tertiary/aromatic N) is 1. The quantitative estimate of drug-likeness (QED) is 0.195. The molecule has 0 aliphatic heterocycles. The molecule has 0 unspecified atom stereocenters. The molecule has 5 aromatic carbocycles. The summed E-state index contributed by atoms with van der Waals surface area (Å²) in [5.41, 5.74) is 5.02. The molecule has 1 heterocycles. The van der Waals surface area contributed by atoms with Crippen LogP contribution in [0.25, 0.3) is 32.4 Å². The lowest BCUT2D eigenvalue weighted by molar-refractivity contribution is 1.39. The average molecular weight is 518 g/mol. The Labute approximate surface area is 237 Å². The molecule has 0 radical (unpaired) electrons. The summed E-state index contributed by atoms with van der Waals surface area (Å²) in [5.74, 6) is 0. The normalized spacial score (nSPS) is 9.15. The van der Waals surface area contributed by atoms with Gasteiger partial charge in [-0.25, -0.2) is 0 Å². The van der Waals surface area contributed by atoms with Crippen molar-refractivity contribution in [2.24, 2.45) is 0 Å². The third kappa shape index (κ3) is 10.7. The molecule has 0 saturated carbocycles. The van der Waals surface area contributed by atoms with Crippen LogP contribution in [-0.4, -0.2) is 4.98 Å². The SMILES string of the molecule is CC.CC.CC.Cc1ccc2ccccc2c1.Cc1ccc2ncccc2c1.Cc1cccc2ccccc12. The van der Waals surface area contributed by atoms with E-state index in [9.17, 15) is 0 Å². The minimum Gasteiger partial charge on any atom is -0.256 e. The van der Waals surface area contributed by atoms with Crippen molar-refractivity contribution in [2.45, 2.75) is 62.3 Å². The maximum absolute atomic E-state index is 4.22. The van der Waals surface area contributed by atoms with Crippen molar-refractivity contribution in [1.29, 1.82) is 0 Å². The minimum atomic E-state index is 1.07. The molecule has 1 nitrogen and oxygen atoms in total. The maximum Gasteiger partial charge on any atom is 0.0702 e. The van der Waals surface area contributed by atoms with E-state index >= 15 is 0 Å². The molecule has 0 saturated heterocycles. The summed E-state index contributed by atoms with van der Waals surface area (Å²) in [6, 6.07) is 40.0. The van der Waals surface area contributed by atoms with E-state index in [1.165, 1.54) is 43.6 Å². The Bertz CT molecular complexity index is 1410. The van der Waals surface area contributed by atoms with Crippen LogP contribution in [0.1, 0.15) is 58.2 Å². The van der Waals surface area contributed by atoms with Gasteiger partial charge in [-0.1, -0.05) is 150 Å². The fourth-order valence-electron chi connectivity index (χ4n) is 3.89. The lowest BCUT2D eigenvalue weighted by Crippen LogP contribution is -1.77. The van der Waals surface area contributed by atoms with Crippen LogP contribution in [0, 0.1) is 20.8 Å². The highest BCUT2D eigenvalue weighted by atomic mass is 14.6. The monoisotopic (exact) mass is 517 g/mol. The highest BCUT2D eigenvalue weighted by Gasteiger charge is 1.93. The van der Waals surface area contributed by atoms with Crippen molar-refractivity contribution in [3.8, 4) is 0 Å². The van der Waals surface area contributed by atoms with Crippen molar-refractivity contribution in [3.63, 3.8) is 0 Å². The summed E-state index contributed by atoms with van der Waals surface area (Å²) in [5, 5.41) is 6.54. The van der Waals surface area contributed by atoms with Crippen LogP contribution in [0.2, 0.25) is 0 Å². The van der Waals surface area contributed by atoms with Crippen LogP contribution in [0.4, 0.5) is 0 Å². The molecule has 0 spiro atoms. The van der Waals surface area contributed by atoms with E-state index in [1.54, 1.807) is 0 Å². The Hall–Kier alpha value is -3.97. The first-order valence-corrected chi connectivity index (χ1v) is 14.3. The molecule has 0 fully saturated rings. The summed E-state index contributed by atoms with van der Waals surface area (Å²) in [6.45, 7) is 18.3. The predicted molar refractivity (Wildman–Crippen MR) is 178 cm³/mol. The van der Waals surface area contributed by atoms with Crippen LogP contribution < -0.4 is 0 Å². The number of aromatic nitrogens is 1. The summed E-state index contributed by atoms with van der Waals surface area (Å²) in [6.07, 6.45) is 1.82. The zero-order valence-electron chi connectivity index (χ0n) is 25.5. The lowest BCUT2D eigenvalue weighted by atomic mass is 10.1. The van der Waals surface area contributed by atoms with Gasteiger partial charge < -0.3 is 0 Å². The van der Waals surface area contributed by atoms with E-state index in [1.807, 2.05) is 59.9 Å². The molecule has 0 aliphatic rings. The molecule has 1 aromatic heterocycles. The van der Waals surface area contributed by atoms with E-state index in [-0.39, 0.29) is 0 Å². The first-order valence-electron chi connectivity index (χ1n) is 14.3. The van der Waals surface area contributed by atoms with Gasteiger partial charge in [0.2, 0.25) is 0 Å². The Kier molecular flexibility index (Phi) is 16.2. The number of hydrogen-bond acceptors (Lipinski definition) is 1. The van der Waals surface area contributed by atoms with Gasteiger partial charge in [0.15, 0.2) is 0 Å². The third-order valence-electron chi connectivity index (χ3n) is 5.67. The maximum atomic E-state index is 4.22. The molecule has 0 N–H and O–H groups in total. The van der Waals surface area contributed by atoms with Crippen molar-refractivity contribution < 1.29 is 0 Å². The highest BCUT2D eigenvalue weighted by molar-refractivity contribution is 5.85. The Morgan fingerprint density at radius 1 is 0.410 bits per heavy atom. The molecule has 39 heavy (non-hydrogen) atoms. The van der Waals surface area contributed by atoms with Gasteiger partial charge in [-0.15, -0.1) is 0 Å². The second-order valence-electron chi connectivity index (χ2n) is 8.35. The van der Waals surface area contributed by atoms with Gasteiger partial charge in [-0.2, -0.15) is 0 Å². The second-order valence-corrected chi connectivity index (χ2v) is 8.35. The van der Waals surface area contributed by atoms with E-state index < -0.39 is 0 Å². The van der Waals surface area contributed by atoms with Crippen molar-refractivity contribution in [1.82, 2.24) is 4.98 Å². The molecular weight excluding hydrogens is 470 g/mol. The van der Waals surface area contributed by atoms with Gasteiger partial charge in [0.25, 0.3) is 0 Å². The van der Waals surface area contributed by atoms with Gasteiger partial charge in [-0.05, 0) is 66.1 Å². The van der Waals surface area contributed by atoms with Crippen LogP contribution >= 0.6 is 0 Å². The summed E-state index contributed by atoms with van der Waals surface area (Å²) in [4.78, 5) is 4.22. The van der Waals surface area contributed by atoms with Crippen LogP contribution in [-0.2, 0) is 0 Å². The topological polar surface area (TPSA) is 12.9 Å². The number of benzene rings is 5. The van der Waals surface area contributed by atoms with Gasteiger partial charge >= 0.3 is 0 Å². The predicted octanol–water partition coefficient (Wildman–Crippen LogP) is 11.9. The molecule has 6 aromatic rings. The average Bonchev–Trinajstić information content (AvgIpc) is 3.01. The van der Waals surface area contributed by atoms with E-state index in [0.717, 1.165) is 5.52 Å². The number of aryl methyl sites for hydroxylation is 3. The first kappa shape index (κ1) is 33.1. The molecule has 0 atom stereocenters. The standard InChI is InChI=1S/2C11H10.C10H9N.3C2H6/c1-9-5-4-7-10-6-2-3-8-11(9)10;1-9-6-7-10-4-2-3-5-11(10)8-9;1-8-4-5-10-9(7-8)3-2-6-11-10;3*1-2/h2*2-8H,1H3;2-7H,1H3;3*1-2H3. The molecule has 0 aliphatic carbocycles.